The molecular formula is C9H13ClFNO. The minimum atomic E-state index is -0.485. The van der Waals surface area contributed by atoms with Crippen LogP contribution < -0.4 is 5.73 Å². The van der Waals surface area contributed by atoms with Gasteiger partial charge in [0.15, 0.2) is 0 Å². The lowest BCUT2D eigenvalue weighted by molar-refractivity contribution is 0.267. The lowest BCUT2D eigenvalue weighted by Crippen LogP contribution is -2.16. The molecule has 1 atom stereocenters. The van der Waals surface area contributed by atoms with Crippen LogP contribution in [-0.2, 0) is 0 Å². The standard InChI is InChI=1S/C9H12FNO.ClH/c1-6-7(9(11)5-12)3-2-4-8(6)10;/h2-4,9,12H,5,11H2,1H3;1H/t9-;/m0./s1. The molecule has 2 nitrogen and oxygen atoms in total. The van der Waals surface area contributed by atoms with Gasteiger partial charge in [-0.1, -0.05) is 12.1 Å². The molecule has 1 aromatic rings. The first-order valence-electron chi connectivity index (χ1n) is 3.78. The minimum absolute atomic E-state index is 0. The zero-order valence-electron chi connectivity index (χ0n) is 7.33. The monoisotopic (exact) mass is 205 g/mol. The molecule has 13 heavy (non-hydrogen) atoms. The second-order valence-corrected chi connectivity index (χ2v) is 2.74. The summed E-state index contributed by atoms with van der Waals surface area (Å²) < 4.78 is 12.9. The van der Waals surface area contributed by atoms with Crippen molar-refractivity contribution in [2.24, 2.45) is 5.73 Å². The highest BCUT2D eigenvalue weighted by Gasteiger charge is 2.09. The van der Waals surface area contributed by atoms with Crippen molar-refractivity contribution in [3.8, 4) is 0 Å². The van der Waals surface area contributed by atoms with Gasteiger partial charge in [-0.2, -0.15) is 0 Å². The van der Waals surface area contributed by atoms with Crippen LogP contribution in [0.4, 0.5) is 4.39 Å². The third kappa shape index (κ3) is 2.66. The van der Waals surface area contributed by atoms with Gasteiger partial charge in [0.05, 0.1) is 12.6 Å². The lowest BCUT2D eigenvalue weighted by atomic mass is 10.0. The van der Waals surface area contributed by atoms with E-state index in [9.17, 15) is 4.39 Å². The van der Waals surface area contributed by atoms with E-state index in [2.05, 4.69) is 0 Å². The molecule has 0 aromatic heterocycles. The van der Waals surface area contributed by atoms with E-state index < -0.39 is 6.04 Å². The highest BCUT2D eigenvalue weighted by atomic mass is 35.5. The van der Waals surface area contributed by atoms with Crippen LogP contribution in [0, 0.1) is 12.7 Å². The van der Waals surface area contributed by atoms with Crippen molar-refractivity contribution in [2.75, 3.05) is 6.61 Å². The maximum Gasteiger partial charge on any atom is 0.126 e. The van der Waals surface area contributed by atoms with Gasteiger partial charge in [-0.15, -0.1) is 12.4 Å². The van der Waals surface area contributed by atoms with Gasteiger partial charge in [-0.05, 0) is 24.1 Å². The summed E-state index contributed by atoms with van der Waals surface area (Å²) >= 11 is 0. The molecular weight excluding hydrogens is 193 g/mol. The quantitative estimate of drug-likeness (QED) is 0.770. The fourth-order valence-electron chi connectivity index (χ4n) is 1.12. The molecule has 0 aliphatic rings. The first-order valence-corrected chi connectivity index (χ1v) is 3.78. The number of nitrogens with two attached hydrogens (primary N) is 1. The SMILES string of the molecule is Cc1c(F)cccc1[C@@H](N)CO.Cl. The first-order chi connectivity index (χ1) is 5.66. The highest BCUT2D eigenvalue weighted by molar-refractivity contribution is 5.85. The number of halogens is 2. The molecule has 0 unspecified atom stereocenters. The van der Waals surface area contributed by atoms with Crippen LogP contribution >= 0.6 is 12.4 Å². The molecule has 0 saturated heterocycles. The van der Waals surface area contributed by atoms with Gasteiger partial charge in [0.1, 0.15) is 5.82 Å². The van der Waals surface area contributed by atoms with Crippen molar-refractivity contribution >= 4 is 12.4 Å². The Labute approximate surface area is 83.0 Å². The summed E-state index contributed by atoms with van der Waals surface area (Å²) in [6.45, 7) is 1.49. The Morgan fingerprint density at radius 3 is 2.69 bits per heavy atom. The van der Waals surface area contributed by atoms with Crippen LogP contribution in [0.3, 0.4) is 0 Å². The van der Waals surface area contributed by atoms with Crippen LogP contribution in [0.25, 0.3) is 0 Å². The highest BCUT2D eigenvalue weighted by Crippen LogP contribution is 2.17. The van der Waals surface area contributed by atoms with E-state index in [0.717, 1.165) is 0 Å². The van der Waals surface area contributed by atoms with E-state index in [4.69, 9.17) is 10.8 Å². The molecule has 0 amide bonds. The Morgan fingerprint density at radius 1 is 1.54 bits per heavy atom. The predicted octanol–water partition coefficient (Wildman–Crippen LogP) is 1.55. The molecule has 3 N–H and O–H groups in total. The van der Waals surface area contributed by atoms with Crippen molar-refractivity contribution in [2.45, 2.75) is 13.0 Å². The second-order valence-electron chi connectivity index (χ2n) is 2.74. The summed E-state index contributed by atoms with van der Waals surface area (Å²) in [5, 5.41) is 8.76. The Morgan fingerprint density at radius 2 is 2.15 bits per heavy atom. The largest absolute Gasteiger partial charge is 0.394 e. The zero-order valence-corrected chi connectivity index (χ0v) is 8.14. The van der Waals surface area contributed by atoms with Crippen LogP contribution in [0.5, 0.6) is 0 Å². The third-order valence-corrected chi connectivity index (χ3v) is 1.91. The average Bonchev–Trinajstić information content (AvgIpc) is 2.08. The molecule has 0 saturated carbocycles. The average molecular weight is 206 g/mol. The summed E-state index contributed by atoms with van der Waals surface area (Å²) in [5.41, 5.74) is 6.72. The summed E-state index contributed by atoms with van der Waals surface area (Å²) in [6.07, 6.45) is 0. The summed E-state index contributed by atoms with van der Waals surface area (Å²) in [6, 6.07) is 4.20. The van der Waals surface area contributed by atoms with Gasteiger partial charge >= 0.3 is 0 Å². The Bertz CT molecular complexity index is 280. The molecule has 0 fully saturated rings. The number of hydrogen-bond donors (Lipinski definition) is 2. The molecule has 1 rings (SSSR count). The Kier molecular flexibility index (Phi) is 4.91. The fraction of sp³-hybridized carbons (Fsp3) is 0.333. The van der Waals surface area contributed by atoms with Crippen molar-refractivity contribution in [1.29, 1.82) is 0 Å². The molecule has 0 aliphatic carbocycles. The minimum Gasteiger partial charge on any atom is -0.394 e. The van der Waals surface area contributed by atoms with Crippen molar-refractivity contribution in [3.63, 3.8) is 0 Å². The van der Waals surface area contributed by atoms with Gasteiger partial charge in [0, 0.05) is 0 Å². The van der Waals surface area contributed by atoms with Crippen molar-refractivity contribution in [3.05, 3.63) is 35.1 Å². The first kappa shape index (κ1) is 12.4. The van der Waals surface area contributed by atoms with Gasteiger partial charge in [0.2, 0.25) is 0 Å². The topological polar surface area (TPSA) is 46.2 Å². The fourth-order valence-corrected chi connectivity index (χ4v) is 1.12. The molecule has 0 spiro atoms. The predicted molar refractivity (Wildman–Crippen MR) is 52.4 cm³/mol. The van der Waals surface area contributed by atoms with E-state index in [1.165, 1.54) is 6.07 Å². The normalized spacial score (nSPS) is 12.0. The van der Waals surface area contributed by atoms with E-state index in [0.29, 0.717) is 11.1 Å². The van der Waals surface area contributed by atoms with Crippen LogP contribution in [0.2, 0.25) is 0 Å². The lowest BCUT2D eigenvalue weighted by Gasteiger charge is -2.11. The second kappa shape index (κ2) is 5.17. The molecule has 4 heteroatoms. The van der Waals surface area contributed by atoms with E-state index in [1.807, 2.05) is 0 Å². The maximum atomic E-state index is 12.9. The Balaban J connectivity index is 0.00000144. The van der Waals surface area contributed by atoms with E-state index in [-0.39, 0.29) is 24.8 Å². The summed E-state index contributed by atoms with van der Waals surface area (Å²) in [5.74, 6) is -0.281. The van der Waals surface area contributed by atoms with Gasteiger partial charge in [-0.3, -0.25) is 0 Å². The number of aliphatic hydroxyl groups excluding tert-OH is 1. The van der Waals surface area contributed by atoms with E-state index in [1.54, 1.807) is 19.1 Å². The molecule has 0 heterocycles. The van der Waals surface area contributed by atoms with Crippen molar-refractivity contribution in [1.82, 2.24) is 0 Å². The Hall–Kier alpha value is -0.640. The zero-order chi connectivity index (χ0) is 9.14. The number of benzene rings is 1. The smallest absolute Gasteiger partial charge is 0.126 e. The van der Waals surface area contributed by atoms with E-state index >= 15 is 0 Å². The third-order valence-electron chi connectivity index (χ3n) is 1.91. The van der Waals surface area contributed by atoms with Crippen LogP contribution in [0.1, 0.15) is 17.2 Å². The summed E-state index contributed by atoms with van der Waals surface area (Å²) in [7, 11) is 0. The van der Waals surface area contributed by atoms with Crippen molar-refractivity contribution < 1.29 is 9.50 Å². The maximum absolute atomic E-state index is 12.9. The molecule has 0 bridgehead atoms. The molecule has 0 aliphatic heterocycles. The number of aliphatic hydroxyl groups is 1. The number of hydrogen-bond acceptors (Lipinski definition) is 2. The van der Waals surface area contributed by atoms with Gasteiger partial charge in [0.25, 0.3) is 0 Å². The molecule has 0 radical (unpaired) electrons. The van der Waals surface area contributed by atoms with Crippen LogP contribution in [0.15, 0.2) is 18.2 Å². The molecule has 1 aromatic carbocycles. The van der Waals surface area contributed by atoms with Gasteiger partial charge < -0.3 is 10.8 Å². The van der Waals surface area contributed by atoms with Crippen LogP contribution in [-0.4, -0.2) is 11.7 Å². The molecule has 74 valence electrons. The summed E-state index contributed by atoms with van der Waals surface area (Å²) in [4.78, 5) is 0. The van der Waals surface area contributed by atoms with Gasteiger partial charge in [-0.25, -0.2) is 4.39 Å². The number of rotatable bonds is 2.